The maximum Gasteiger partial charge on any atom is 0.341 e. The number of halogens is 1. The molecule has 1 heterocycles. The zero-order valence-electron chi connectivity index (χ0n) is 9.85. The molecule has 0 aliphatic rings. The maximum absolute atomic E-state index is 13.9. The Labute approximate surface area is 106 Å². The largest absolute Gasteiger partial charge is 0.504 e. The van der Waals surface area contributed by atoms with Crippen molar-refractivity contribution in [3.63, 3.8) is 0 Å². The third-order valence-electron chi connectivity index (χ3n) is 2.84. The van der Waals surface area contributed by atoms with Gasteiger partial charge in [0.25, 0.3) is 0 Å². The molecular formula is C12H10FNO5. The Morgan fingerprint density at radius 1 is 1.42 bits per heavy atom. The van der Waals surface area contributed by atoms with E-state index in [-0.39, 0.29) is 12.1 Å². The highest BCUT2D eigenvalue weighted by molar-refractivity contribution is 5.93. The fourth-order valence-electron chi connectivity index (χ4n) is 1.89. The minimum Gasteiger partial charge on any atom is -0.504 e. The van der Waals surface area contributed by atoms with Crippen LogP contribution in [0.1, 0.15) is 17.3 Å². The van der Waals surface area contributed by atoms with E-state index in [2.05, 4.69) is 0 Å². The van der Waals surface area contributed by atoms with E-state index in [4.69, 9.17) is 5.11 Å². The van der Waals surface area contributed by atoms with Crippen molar-refractivity contribution in [1.29, 1.82) is 0 Å². The Bertz CT molecular complexity index is 750. The number of aryl methyl sites for hydroxylation is 1. The van der Waals surface area contributed by atoms with Gasteiger partial charge in [0.15, 0.2) is 17.3 Å². The van der Waals surface area contributed by atoms with Crippen molar-refractivity contribution in [2.75, 3.05) is 0 Å². The quantitative estimate of drug-likeness (QED) is 0.711. The van der Waals surface area contributed by atoms with Crippen molar-refractivity contribution in [1.82, 2.24) is 4.57 Å². The van der Waals surface area contributed by atoms with E-state index >= 15 is 0 Å². The molecule has 1 aromatic carbocycles. The van der Waals surface area contributed by atoms with Crippen LogP contribution in [-0.2, 0) is 6.54 Å². The molecule has 0 saturated heterocycles. The molecule has 0 fully saturated rings. The van der Waals surface area contributed by atoms with E-state index in [0.29, 0.717) is 0 Å². The van der Waals surface area contributed by atoms with Crippen LogP contribution in [0.2, 0.25) is 0 Å². The number of benzene rings is 1. The number of carboxylic acids is 1. The van der Waals surface area contributed by atoms with Gasteiger partial charge in [-0.25, -0.2) is 9.18 Å². The molecule has 0 saturated carbocycles. The Morgan fingerprint density at radius 3 is 2.58 bits per heavy atom. The highest BCUT2D eigenvalue weighted by atomic mass is 19.1. The monoisotopic (exact) mass is 267 g/mol. The summed E-state index contributed by atoms with van der Waals surface area (Å²) < 4.78 is 15.2. The molecule has 19 heavy (non-hydrogen) atoms. The number of phenolic OH excluding ortho intramolecular Hbond substituents is 2. The highest BCUT2D eigenvalue weighted by Crippen LogP contribution is 2.33. The number of hydrogen-bond donors (Lipinski definition) is 3. The number of rotatable bonds is 2. The van der Waals surface area contributed by atoms with Gasteiger partial charge in [0.05, 0.1) is 10.9 Å². The third-order valence-corrected chi connectivity index (χ3v) is 2.84. The standard InChI is InChI=1S/C12H10FNO5/c1-2-14-4-5(12(18)19)10(16)8-6(14)3-7(15)11(17)9(8)13/h3-4,15,17H,2H2,1H3,(H,18,19). The van der Waals surface area contributed by atoms with Gasteiger partial charge in [0.1, 0.15) is 5.56 Å². The number of pyridine rings is 1. The number of carboxylic acid groups (broad SMARTS) is 1. The molecule has 2 rings (SSSR count). The van der Waals surface area contributed by atoms with Crippen LogP contribution in [0, 0.1) is 5.82 Å². The smallest absolute Gasteiger partial charge is 0.341 e. The van der Waals surface area contributed by atoms with Crippen LogP contribution in [-0.4, -0.2) is 25.9 Å². The number of phenols is 2. The van der Waals surface area contributed by atoms with Gasteiger partial charge in [-0.3, -0.25) is 4.79 Å². The highest BCUT2D eigenvalue weighted by Gasteiger charge is 2.21. The summed E-state index contributed by atoms with van der Waals surface area (Å²) in [4.78, 5) is 22.8. The van der Waals surface area contributed by atoms with Gasteiger partial charge in [0.2, 0.25) is 5.43 Å². The van der Waals surface area contributed by atoms with Crippen LogP contribution in [0.3, 0.4) is 0 Å². The third kappa shape index (κ3) is 1.79. The Balaban J connectivity index is 3.09. The number of aromatic nitrogens is 1. The van der Waals surface area contributed by atoms with E-state index in [1.807, 2.05) is 0 Å². The molecule has 0 radical (unpaired) electrons. The lowest BCUT2D eigenvalue weighted by Gasteiger charge is -2.11. The number of aromatic carboxylic acids is 1. The second-order valence-corrected chi connectivity index (χ2v) is 3.92. The molecule has 0 bridgehead atoms. The van der Waals surface area contributed by atoms with Crippen LogP contribution in [0.15, 0.2) is 17.1 Å². The molecule has 0 aliphatic heterocycles. The van der Waals surface area contributed by atoms with Crippen LogP contribution in [0.25, 0.3) is 10.9 Å². The SMILES string of the molecule is CCn1cc(C(=O)O)c(=O)c2c(F)c(O)c(O)cc21. The molecule has 100 valence electrons. The van der Waals surface area contributed by atoms with E-state index in [9.17, 15) is 24.2 Å². The van der Waals surface area contributed by atoms with Crippen LogP contribution in [0.4, 0.5) is 4.39 Å². The second kappa shape index (κ2) is 4.27. The predicted octanol–water partition coefficient (Wildman–Crippen LogP) is 1.27. The summed E-state index contributed by atoms with van der Waals surface area (Å²) in [6.45, 7) is 1.93. The molecule has 0 unspecified atom stereocenters. The normalized spacial score (nSPS) is 10.8. The first kappa shape index (κ1) is 12.9. The molecule has 1 aromatic heterocycles. The first-order valence-electron chi connectivity index (χ1n) is 5.39. The zero-order valence-corrected chi connectivity index (χ0v) is 9.85. The average molecular weight is 267 g/mol. The molecule has 6 nitrogen and oxygen atoms in total. The number of aromatic hydroxyl groups is 2. The molecular weight excluding hydrogens is 257 g/mol. The Kier molecular flexibility index (Phi) is 2.89. The topological polar surface area (TPSA) is 99.8 Å². The molecule has 0 amide bonds. The summed E-state index contributed by atoms with van der Waals surface area (Å²) in [5, 5.41) is 27.0. The van der Waals surface area contributed by atoms with Crippen LogP contribution >= 0.6 is 0 Å². The lowest BCUT2D eigenvalue weighted by molar-refractivity contribution is 0.0695. The fraction of sp³-hybridized carbons (Fsp3) is 0.167. The molecule has 7 heteroatoms. The predicted molar refractivity (Wildman–Crippen MR) is 64.1 cm³/mol. The summed E-state index contributed by atoms with van der Waals surface area (Å²) in [5.41, 5.74) is -1.62. The fourth-order valence-corrected chi connectivity index (χ4v) is 1.89. The van der Waals surface area contributed by atoms with Crippen molar-refractivity contribution >= 4 is 16.9 Å². The van der Waals surface area contributed by atoms with Gasteiger partial charge in [-0.15, -0.1) is 0 Å². The van der Waals surface area contributed by atoms with Crippen molar-refractivity contribution < 1.29 is 24.5 Å². The lowest BCUT2D eigenvalue weighted by Crippen LogP contribution is -2.19. The molecule has 0 aliphatic carbocycles. The van der Waals surface area contributed by atoms with Crippen molar-refractivity contribution in [3.8, 4) is 11.5 Å². The minimum absolute atomic E-state index is 0.0188. The first-order valence-corrected chi connectivity index (χ1v) is 5.39. The molecule has 0 spiro atoms. The Morgan fingerprint density at radius 2 is 2.05 bits per heavy atom. The summed E-state index contributed by atoms with van der Waals surface area (Å²) in [5.74, 6) is -4.60. The second-order valence-electron chi connectivity index (χ2n) is 3.92. The minimum atomic E-state index is -1.49. The van der Waals surface area contributed by atoms with Gasteiger partial charge in [-0.1, -0.05) is 0 Å². The van der Waals surface area contributed by atoms with Gasteiger partial charge >= 0.3 is 5.97 Å². The molecule has 3 N–H and O–H groups in total. The van der Waals surface area contributed by atoms with Gasteiger partial charge in [0, 0.05) is 18.8 Å². The maximum atomic E-state index is 13.9. The van der Waals surface area contributed by atoms with Gasteiger partial charge in [-0.2, -0.15) is 0 Å². The van der Waals surface area contributed by atoms with E-state index in [1.54, 1.807) is 6.92 Å². The van der Waals surface area contributed by atoms with Crippen molar-refractivity contribution in [2.24, 2.45) is 0 Å². The number of hydrogen-bond acceptors (Lipinski definition) is 4. The van der Waals surface area contributed by atoms with E-state index in [1.165, 1.54) is 4.57 Å². The van der Waals surface area contributed by atoms with Gasteiger partial charge in [-0.05, 0) is 6.92 Å². The molecule has 2 aromatic rings. The average Bonchev–Trinajstić information content (AvgIpc) is 2.35. The summed E-state index contributed by atoms with van der Waals surface area (Å²) >= 11 is 0. The van der Waals surface area contributed by atoms with Crippen LogP contribution < -0.4 is 5.43 Å². The first-order chi connectivity index (χ1) is 8.88. The number of fused-ring (bicyclic) bond motifs is 1. The summed E-state index contributed by atoms with van der Waals surface area (Å²) in [6.07, 6.45) is 1.07. The number of nitrogens with zero attached hydrogens (tertiary/aromatic N) is 1. The molecule has 0 atom stereocenters. The number of carbonyl (C=O) groups is 1. The Hall–Kier alpha value is -2.57. The van der Waals surface area contributed by atoms with E-state index < -0.39 is 39.7 Å². The van der Waals surface area contributed by atoms with Crippen LogP contribution in [0.5, 0.6) is 11.5 Å². The van der Waals surface area contributed by atoms with Gasteiger partial charge < -0.3 is 19.9 Å². The van der Waals surface area contributed by atoms with Crippen molar-refractivity contribution in [3.05, 3.63) is 33.9 Å². The summed E-state index contributed by atoms with van der Waals surface area (Å²) in [7, 11) is 0. The van der Waals surface area contributed by atoms with E-state index in [0.717, 1.165) is 12.3 Å². The lowest BCUT2D eigenvalue weighted by atomic mass is 10.1. The zero-order chi connectivity index (χ0) is 14.3. The van der Waals surface area contributed by atoms with Crippen molar-refractivity contribution in [2.45, 2.75) is 13.5 Å². The summed E-state index contributed by atoms with van der Waals surface area (Å²) in [6, 6.07) is 1.02.